The number of halogens is 5. The molecule has 0 aliphatic heterocycles. The molecule has 5 nitrogen and oxygen atoms in total. The van der Waals surface area contributed by atoms with E-state index in [-0.39, 0.29) is 16.6 Å². The molecule has 0 saturated heterocycles. The topological polar surface area (TPSA) is 62.5 Å². The van der Waals surface area contributed by atoms with Crippen LogP contribution < -0.4 is 10.5 Å². The number of hydrogen-bond donors (Lipinski definition) is 1. The first-order valence-corrected chi connectivity index (χ1v) is 11.5. The molecular formula is C29H17F5N2O3. The van der Waals surface area contributed by atoms with E-state index >= 15 is 0 Å². The number of anilines is 3. The van der Waals surface area contributed by atoms with E-state index in [1.54, 1.807) is 23.1 Å². The maximum Gasteiger partial charge on any atom is 0.455 e. The summed E-state index contributed by atoms with van der Waals surface area (Å²) in [5, 5.41) is 10.5. The first-order valence-electron chi connectivity index (χ1n) is 11.5. The van der Waals surface area contributed by atoms with Gasteiger partial charge in [0, 0.05) is 28.1 Å². The number of aromatic hydroxyl groups is 1. The summed E-state index contributed by atoms with van der Waals surface area (Å²) in [5.41, 5.74) is -1.38. The summed E-state index contributed by atoms with van der Waals surface area (Å²) in [6, 6.07) is 22.5. The lowest BCUT2D eigenvalue weighted by atomic mass is 10.0. The maximum absolute atomic E-state index is 13.7. The van der Waals surface area contributed by atoms with Gasteiger partial charge in [-0.25, -0.2) is 8.78 Å². The molecular weight excluding hydrogens is 519 g/mol. The van der Waals surface area contributed by atoms with Gasteiger partial charge < -0.3 is 10.0 Å². The summed E-state index contributed by atoms with van der Waals surface area (Å²) in [6.45, 7) is 0. The molecule has 1 N–H and O–H groups in total. The van der Waals surface area contributed by atoms with Gasteiger partial charge in [0.25, 0.3) is 11.3 Å². The van der Waals surface area contributed by atoms with Gasteiger partial charge in [0.1, 0.15) is 22.9 Å². The summed E-state index contributed by atoms with van der Waals surface area (Å²) in [5.74, 6) is -4.58. The molecule has 5 aromatic rings. The average Bonchev–Trinajstić information content (AvgIpc) is 2.91. The number of Topliss-reactive ketones (excluding diaryl/α,β-unsaturated/α-hetero) is 1. The van der Waals surface area contributed by atoms with Crippen LogP contribution in [0.4, 0.5) is 39.0 Å². The summed E-state index contributed by atoms with van der Waals surface area (Å²) >= 11 is 0. The first kappa shape index (κ1) is 25.7. The molecule has 0 aliphatic carbocycles. The lowest BCUT2D eigenvalue weighted by molar-refractivity contribution is -0.0887. The van der Waals surface area contributed by atoms with Crippen molar-refractivity contribution in [2.75, 3.05) is 4.90 Å². The highest BCUT2D eigenvalue weighted by Crippen LogP contribution is 2.39. The number of carbonyl (C=O) groups is 1. The SMILES string of the molecule is O=C(c1c(O)c2ccc(N(c3ccc(F)cc3)c3ccc(F)cc3)cc2n(-c2ccccc2)c1=O)C(F)(F)F. The van der Waals surface area contributed by atoms with Crippen molar-refractivity contribution in [3.05, 3.63) is 125 Å². The maximum atomic E-state index is 13.7. The predicted molar refractivity (Wildman–Crippen MR) is 136 cm³/mol. The van der Waals surface area contributed by atoms with Crippen LogP contribution in [0, 0.1) is 11.6 Å². The summed E-state index contributed by atoms with van der Waals surface area (Å²) < 4.78 is 68.4. The Kier molecular flexibility index (Phi) is 6.39. The van der Waals surface area contributed by atoms with Gasteiger partial charge in [0.15, 0.2) is 0 Å². The average molecular weight is 536 g/mol. The lowest BCUT2D eigenvalue weighted by Gasteiger charge is -2.26. The second-order valence-electron chi connectivity index (χ2n) is 8.52. The van der Waals surface area contributed by atoms with Crippen LogP contribution in [0.1, 0.15) is 10.4 Å². The molecule has 4 aromatic carbocycles. The second-order valence-corrected chi connectivity index (χ2v) is 8.52. The Morgan fingerprint density at radius 3 is 1.77 bits per heavy atom. The number of fused-ring (bicyclic) bond motifs is 1. The fourth-order valence-corrected chi connectivity index (χ4v) is 4.31. The van der Waals surface area contributed by atoms with Crippen LogP contribution in [-0.4, -0.2) is 21.6 Å². The van der Waals surface area contributed by atoms with E-state index in [1.807, 2.05) is 0 Å². The van der Waals surface area contributed by atoms with Gasteiger partial charge in [-0.1, -0.05) is 18.2 Å². The molecule has 39 heavy (non-hydrogen) atoms. The molecule has 0 aliphatic rings. The van der Waals surface area contributed by atoms with E-state index in [1.165, 1.54) is 78.9 Å². The third-order valence-electron chi connectivity index (χ3n) is 6.06. The van der Waals surface area contributed by atoms with E-state index < -0.39 is 40.5 Å². The Morgan fingerprint density at radius 1 is 0.744 bits per heavy atom. The highest BCUT2D eigenvalue weighted by atomic mass is 19.4. The zero-order valence-corrected chi connectivity index (χ0v) is 19.8. The van der Waals surface area contributed by atoms with Crippen molar-refractivity contribution in [3.8, 4) is 11.4 Å². The molecule has 1 heterocycles. The van der Waals surface area contributed by atoms with Gasteiger partial charge in [0.05, 0.1) is 5.52 Å². The minimum Gasteiger partial charge on any atom is -0.506 e. The Morgan fingerprint density at radius 2 is 1.26 bits per heavy atom. The van der Waals surface area contributed by atoms with Crippen LogP contribution in [0.2, 0.25) is 0 Å². The highest BCUT2D eigenvalue weighted by Gasteiger charge is 2.43. The van der Waals surface area contributed by atoms with Crippen molar-refractivity contribution in [2.45, 2.75) is 6.18 Å². The number of aromatic nitrogens is 1. The number of rotatable bonds is 5. The molecule has 0 unspecified atom stereocenters. The van der Waals surface area contributed by atoms with Crippen LogP contribution >= 0.6 is 0 Å². The van der Waals surface area contributed by atoms with Gasteiger partial charge in [0.2, 0.25) is 0 Å². The fourth-order valence-electron chi connectivity index (χ4n) is 4.31. The molecule has 1 aromatic heterocycles. The highest BCUT2D eigenvalue weighted by molar-refractivity contribution is 6.07. The number of alkyl halides is 3. The van der Waals surface area contributed by atoms with Crippen LogP contribution in [-0.2, 0) is 0 Å². The molecule has 0 bridgehead atoms. The standard InChI is InChI=1S/C29H17F5N2O3/c30-17-6-10-20(11-7-17)35(21-12-8-18(31)9-13-21)22-14-15-23-24(16-22)36(19-4-2-1-3-5-19)28(39)25(26(23)37)27(38)29(32,33)34/h1-16,37H. The third kappa shape index (κ3) is 4.72. The smallest absolute Gasteiger partial charge is 0.455 e. The zero-order valence-electron chi connectivity index (χ0n) is 19.8. The number of hydrogen-bond acceptors (Lipinski definition) is 4. The van der Waals surface area contributed by atoms with E-state index in [0.29, 0.717) is 17.1 Å². The van der Waals surface area contributed by atoms with Crippen LogP contribution in [0.3, 0.4) is 0 Å². The monoisotopic (exact) mass is 536 g/mol. The molecule has 0 amide bonds. The first-order chi connectivity index (χ1) is 18.6. The van der Waals surface area contributed by atoms with Crippen molar-refractivity contribution >= 4 is 33.7 Å². The molecule has 0 radical (unpaired) electrons. The van der Waals surface area contributed by atoms with Crippen molar-refractivity contribution in [1.82, 2.24) is 4.57 Å². The molecule has 0 atom stereocenters. The van der Waals surface area contributed by atoms with Gasteiger partial charge in [-0.15, -0.1) is 0 Å². The minimum absolute atomic E-state index is 0.00542. The summed E-state index contributed by atoms with van der Waals surface area (Å²) in [6.07, 6.45) is -5.40. The van der Waals surface area contributed by atoms with Crippen molar-refractivity contribution in [1.29, 1.82) is 0 Å². The Bertz CT molecular complexity index is 1700. The third-order valence-corrected chi connectivity index (χ3v) is 6.06. The second kappa shape index (κ2) is 9.71. The van der Waals surface area contributed by atoms with Crippen molar-refractivity contribution in [3.63, 3.8) is 0 Å². The molecule has 0 spiro atoms. The Labute approximate surface area is 217 Å². The number of para-hydroxylation sites is 1. The Hall–Kier alpha value is -4.99. The number of carbonyl (C=O) groups excluding carboxylic acids is 1. The van der Waals surface area contributed by atoms with Crippen LogP contribution in [0.15, 0.2) is 102 Å². The van der Waals surface area contributed by atoms with Gasteiger partial charge in [-0.3, -0.25) is 14.2 Å². The van der Waals surface area contributed by atoms with E-state index in [9.17, 15) is 36.6 Å². The minimum atomic E-state index is -5.40. The van der Waals surface area contributed by atoms with E-state index in [4.69, 9.17) is 0 Å². The molecule has 5 rings (SSSR count). The van der Waals surface area contributed by atoms with Gasteiger partial charge in [-0.05, 0) is 78.9 Å². The lowest BCUT2D eigenvalue weighted by Crippen LogP contribution is -2.33. The van der Waals surface area contributed by atoms with Gasteiger partial charge >= 0.3 is 6.18 Å². The van der Waals surface area contributed by atoms with Crippen LogP contribution in [0.5, 0.6) is 5.75 Å². The zero-order chi connectivity index (χ0) is 27.9. The van der Waals surface area contributed by atoms with Crippen LogP contribution in [0.25, 0.3) is 16.6 Å². The number of ketones is 1. The number of nitrogens with zero attached hydrogens (tertiary/aromatic N) is 2. The molecule has 196 valence electrons. The normalized spacial score (nSPS) is 11.5. The van der Waals surface area contributed by atoms with Crippen molar-refractivity contribution in [2.24, 2.45) is 0 Å². The fraction of sp³-hybridized carbons (Fsp3) is 0.0345. The molecule has 0 saturated carbocycles. The number of pyridine rings is 1. The molecule has 0 fully saturated rings. The quantitative estimate of drug-likeness (QED) is 0.191. The van der Waals surface area contributed by atoms with Gasteiger partial charge in [-0.2, -0.15) is 13.2 Å². The Balaban J connectivity index is 1.84. The largest absolute Gasteiger partial charge is 0.506 e. The van der Waals surface area contributed by atoms with E-state index in [0.717, 1.165) is 4.57 Å². The predicted octanol–water partition coefficient (Wildman–Crippen LogP) is 7.19. The number of benzene rings is 4. The summed E-state index contributed by atoms with van der Waals surface area (Å²) in [4.78, 5) is 27.1. The van der Waals surface area contributed by atoms with E-state index in [2.05, 4.69) is 0 Å². The van der Waals surface area contributed by atoms with Crippen molar-refractivity contribution < 1.29 is 31.9 Å². The molecule has 10 heteroatoms. The summed E-state index contributed by atoms with van der Waals surface area (Å²) in [7, 11) is 0.